The van der Waals surface area contributed by atoms with Crippen LogP contribution in [0.5, 0.6) is 11.5 Å². The van der Waals surface area contributed by atoms with Crippen molar-refractivity contribution in [2.75, 3.05) is 7.11 Å². The summed E-state index contributed by atoms with van der Waals surface area (Å²) in [5, 5.41) is 10.5. The average Bonchev–Trinajstić information content (AvgIpc) is 2.52. The van der Waals surface area contributed by atoms with Gasteiger partial charge in [-0.05, 0) is 38.5 Å². The lowest BCUT2D eigenvalue weighted by Crippen LogP contribution is -2.04. The van der Waals surface area contributed by atoms with E-state index >= 15 is 0 Å². The quantitative estimate of drug-likeness (QED) is 0.582. The Balaban J connectivity index is 2.37. The highest BCUT2D eigenvalue weighted by atomic mass is 16.5. The topological polar surface area (TPSA) is 59.7 Å². The largest absolute Gasteiger partial charge is 0.507 e. The van der Waals surface area contributed by atoms with Crippen molar-refractivity contribution in [2.24, 2.45) is 0 Å². The van der Waals surface area contributed by atoms with Crippen molar-refractivity contribution >= 4 is 21.9 Å². The van der Waals surface area contributed by atoms with Crippen LogP contribution in [-0.2, 0) is 6.42 Å². The molecule has 0 saturated carbocycles. The first-order chi connectivity index (χ1) is 11.0. The molecule has 118 valence electrons. The molecule has 0 unspecified atom stereocenters. The average molecular weight is 310 g/mol. The number of allylic oxidation sites excluding steroid dienone is 2. The van der Waals surface area contributed by atoms with E-state index in [1.165, 1.54) is 11.6 Å². The molecular weight excluding hydrogens is 292 g/mol. The third kappa shape index (κ3) is 2.57. The van der Waals surface area contributed by atoms with Gasteiger partial charge in [-0.25, -0.2) is 0 Å². The Hall–Kier alpha value is -2.75. The first-order valence-electron chi connectivity index (χ1n) is 7.40. The summed E-state index contributed by atoms with van der Waals surface area (Å²) >= 11 is 0. The maximum Gasteiger partial charge on any atom is 0.204 e. The third-order valence-corrected chi connectivity index (χ3v) is 3.82. The van der Waals surface area contributed by atoms with E-state index < -0.39 is 0 Å². The van der Waals surface area contributed by atoms with E-state index in [1.54, 1.807) is 25.3 Å². The van der Waals surface area contributed by atoms with Gasteiger partial charge in [-0.1, -0.05) is 23.8 Å². The number of phenolic OH excluding ortho intramolecular Hbond substituents is 1. The number of rotatable bonds is 3. The summed E-state index contributed by atoms with van der Waals surface area (Å²) in [6.45, 7) is 4.06. The SMILES string of the molecule is COc1c(CC=C(C)C)ccc2c(=O)c3c(O)cccc3oc12. The molecule has 0 saturated heterocycles. The van der Waals surface area contributed by atoms with Gasteiger partial charge in [-0.3, -0.25) is 4.79 Å². The lowest BCUT2D eigenvalue weighted by Gasteiger charge is -2.11. The minimum Gasteiger partial charge on any atom is -0.507 e. The molecule has 0 amide bonds. The minimum atomic E-state index is -0.258. The molecule has 2 aromatic carbocycles. The van der Waals surface area contributed by atoms with Gasteiger partial charge in [0.15, 0.2) is 11.3 Å². The van der Waals surface area contributed by atoms with Crippen LogP contribution in [0, 0.1) is 0 Å². The van der Waals surface area contributed by atoms with Gasteiger partial charge >= 0.3 is 0 Å². The molecule has 0 spiro atoms. The molecule has 4 heteroatoms. The number of ether oxygens (including phenoxy) is 1. The first kappa shape index (κ1) is 15.2. The molecule has 0 atom stereocenters. The van der Waals surface area contributed by atoms with E-state index in [2.05, 4.69) is 6.08 Å². The fraction of sp³-hybridized carbons (Fsp3) is 0.211. The molecule has 1 heterocycles. The summed E-state index contributed by atoms with van der Waals surface area (Å²) in [5.74, 6) is 0.480. The van der Waals surface area contributed by atoms with Gasteiger partial charge < -0.3 is 14.3 Å². The monoisotopic (exact) mass is 310 g/mol. The van der Waals surface area contributed by atoms with Gasteiger partial charge in [0, 0.05) is 5.56 Å². The van der Waals surface area contributed by atoms with Crippen LogP contribution in [-0.4, -0.2) is 12.2 Å². The highest BCUT2D eigenvalue weighted by molar-refractivity contribution is 5.95. The molecule has 4 nitrogen and oxygen atoms in total. The van der Waals surface area contributed by atoms with E-state index in [9.17, 15) is 9.90 Å². The van der Waals surface area contributed by atoms with Crippen LogP contribution in [0.3, 0.4) is 0 Å². The van der Waals surface area contributed by atoms with Gasteiger partial charge in [-0.15, -0.1) is 0 Å². The molecule has 1 N–H and O–H groups in total. The molecular formula is C19H18O4. The first-order valence-corrected chi connectivity index (χ1v) is 7.40. The van der Waals surface area contributed by atoms with Gasteiger partial charge in [-0.2, -0.15) is 0 Å². The number of hydrogen-bond donors (Lipinski definition) is 1. The Labute approximate surface area is 133 Å². The van der Waals surface area contributed by atoms with Crippen LogP contribution >= 0.6 is 0 Å². The highest BCUT2D eigenvalue weighted by Crippen LogP contribution is 2.33. The van der Waals surface area contributed by atoms with Crippen LogP contribution in [0.1, 0.15) is 19.4 Å². The molecule has 0 fully saturated rings. The number of phenols is 1. The van der Waals surface area contributed by atoms with Crippen molar-refractivity contribution in [1.29, 1.82) is 0 Å². The summed E-state index contributed by atoms with van der Waals surface area (Å²) < 4.78 is 11.4. The number of hydrogen-bond acceptors (Lipinski definition) is 4. The van der Waals surface area contributed by atoms with Crippen LogP contribution in [0.2, 0.25) is 0 Å². The van der Waals surface area contributed by atoms with E-state index in [0.29, 0.717) is 28.7 Å². The molecule has 3 aromatic rings. The Morgan fingerprint density at radius 3 is 2.74 bits per heavy atom. The highest BCUT2D eigenvalue weighted by Gasteiger charge is 2.16. The summed E-state index contributed by atoms with van der Waals surface area (Å²) in [6, 6.07) is 8.38. The van der Waals surface area contributed by atoms with Crippen LogP contribution in [0.15, 0.2) is 51.2 Å². The molecule has 23 heavy (non-hydrogen) atoms. The number of methoxy groups -OCH3 is 1. The second-order valence-corrected chi connectivity index (χ2v) is 5.70. The lowest BCUT2D eigenvalue weighted by molar-refractivity contribution is 0.407. The molecule has 0 aliphatic heterocycles. The van der Waals surface area contributed by atoms with Crippen molar-refractivity contribution in [2.45, 2.75) is 20.3 Å². The molecule has 0 radical (unpaired) electrons. The molecule has 1 aromatic heterocycles. The maximum atomic E-state index is 12.7. The maximum absolute atomic E-state index is 12.7. The molecule has 0 aliphatic carbocycles. The number of benzene rings is 2. The molecule has 0 aliphatic rings. The third-order valence-electron chi connectivity index (χ3n) is 3.82. The van der Waals surface area contributed by atoms with Gasteiger partial charge in [0.2, 0.25) is 5.43 Å². The van der Waals surface area contributed by atoms with E-state index in [1.807, 2.05) is 19.9 Å². The molecule has 0 bridgehead atoms. The van der Waals surface area contributed by atoms with Gasteiger partial charge in [0.1, 0.15) is 16.7 Å². The van der Waals surface area contributed by atoms with Crippen LogP contribution in [0.25, 0.3) is 21.9 Å². The van der Waals surface area contributed by atoms with Crippen molar-refractivity contribution in [3.05, 3.63) is 57.8 Å². The Kier molecular flexibility index (Phi) is 3.82. The van der Waals surface area contributed by atoms with E-state index in [0.717, 1.165) is 5.56 Å². The van der Waals surface area contributed by atoms with E-state index in [-0.39, 0.29) is 16.6 Å². The number of fused-ring (bicyclic) bond motifs is 2. The lowest BCUT2D eigenvalue weighted by atomic mass is 10.0. The Morgan fingerprint density at radius 1 is 1.26 bits per heavy atom. The second kappa shape index (κ2) is 5.80. The zero-order valence-corrected chi connectivity index (χ0v) is 13.3. The summed E-state index contributed by atoms with van der Waals surface area (Å²) in [6.07, 6.45) is 2.79. The summed E-state index contributed by atoms with van der Waals surface area (Å²) in [5.41, 5.74) is 2.66. The second-order valence-electron chi connectivity index (χ2n) is 5.70. The Morgan fingerprint density at radius 2 is 2.04 bits per heavy atom. The fourth-order valence-corrected chi connectivity index (χ4v) is 2.66. The zero-order chi connectivity index (χ0) is 16.6. The van der Waals surface area contributed by atoms with Crippen molar-refractivity contribution < 1.29 is 14.3 Å². The standard InChI is InChI=1S/C19H18O4/c1-11(2)7-8-12-9-10-13-17(21)16-14(20)5-4-6-15(16)23-19(13)18(12)22-3/h4-7,9-10,20H,8H2,1-3H3. The van der Waals surface area contributed by atoms with Gasteiger partial charge in [0.25, 0.3) is 0 Å². The van der Waals surface area contributed by atoms with Gasteiger partial charge in [0.05, 0.1) is 12.5 Å². The predicted octanol–water partition coefficient (Wildman–Crippen LogP) is 4.17. The number of aromatic hydroxyl groups is 1. The minimum absolute atomic E-state index is 0.0780. The van der Waals surface area contributed by atoms with Crippen LogP contribution in [0.4, 0.5) is 0 Å². The van der Waals surface area contributed by atoms with Crippen molar-refractivity contribution in [1.82, 2.24) is 0 Å². The van der Waals surface area contributed by atoms with Crippen molar-refractivity contribution in [3.8, 4) is 11.5 Å². The van der Waals surface area contributed by atoms with Crippen molar-refractivity contribution in [3.63, 3.8) is 0 Å². The van der Waals surface area contributed by atoms with Crippen LogP contribution < -0.4 is 10.2 Å². The normalized spacial score (nSPS) is 10.9. The summed E-state index contributed by atoms with van der Waals surface area (Å²) in [4.78, 5) is 12.7. The Bertz CT molecular complexity index is 976. The smallest absolute Gasteiger partial charge is 0.204 e. The predicted molar refractivity (Wildman–Crippen MR) is 91.3 cm³/mol. The summed E-state index contributed by atoms with van der Waals surface area (Å²) in [7, 11) is 1.56. The molecule has 3 rings (SSSR count). The zero-order valence-electron chi connectivity index (χ0n) is 13.3. The fourth-order valence-electron chi connectivity index (χ4n) is 2.66. The van der Waals surface area contributed by atoms with E-state index in [4.69, 9.17) is 9.15 Å².